The normalized spacial score (nSPS) is 31.9. The van der Waals surface area contributed by atoms with Crippen molar-refractivity contribution in [2.24, 2.45) is 17.0 Å². The molecule has 1 saturated heterocycles. The van der Waals surface area contributed by atoms with Crippen molar-refractivity contribution in [1.29, 1.82) is 0 Å². The molecule has 3 atom stereocenters. The van der Waals surface area contributed by atoms with Crippen LogP contribution in [0.2, 0.25) is 0 Å². The van der Waals surface area contributed by atoms with Crippen molar-refractivity contribution in [2.45, 2.75) is 31.5 Å². The molecule has 4 nitrogen and oxygen atoms in total. The van der Waals surface area contributed by atoms with Crippen LogP contribution in [0.5, 0.6) is 0 Å². The van der Waals surface area contributed by atoms with Gasteiger partial charge < -0.3 is 10.1 Å². The number of rotatable bonds is 2. The van der Waals surface area contributed by atoms with E-state index in [9.17, 15) is 18.4 Å². The van der Waals surface area contributed by atoms with E-state index < -0.39 is 11.7 Å². The van der Waals surface area contributed by atoms with Gasteiger partial charge in [0.05, 0.1) is 17.3 Å². The average molecular weight is 353 g/mol. The van der Waals surface area contributed by atoms with Crippen LogP contribution in [-0.2, 0) is 6.18 Å². The highest BCUT2D eigenvalue weighted by Gasteiger charge is 2.48. The number of hydrogen-bond acceptors (Lipinski definition) is 4. The zero-order valence-corrected chi connectivity index (χ0v) is 13.9. The molecule has 0 amide bonds. The lowest BCUT2D eigenvalue weighted by Crippen LogP contribution is -2.54. The summed E-state index contributed by atoms with van der Waals surface area (Å²) in [5, 5.41) is 12.9. The maximum Gasteiger partial charge on any atom is 0.416 e. The van der Waals surface area contributed by atoms with E-state index in [0.717, 1.165) is 37.7 Å². The number of piperazine rings is 1. The second-order valence-electron chi connectivity index (χ2n) is 7.31. The van der Waals surface area contributed by atoms with Crippen molar-refractivity contribution in [3.8, 4) is 0 Å². The Bertz CT molecular complexity index is 668. The van der Waals surface area contributed by atoms with Crippen molar-refractivity contribution >= 4 is 11.4 Å². The number of alkyl halides is 3. The first-order valence-corrected chi connectivity index (χ1v) is 8.85. The fourth-order valence-electron chi connectivity index (χ4n) is 4.82. The van der Waals surface area contributed by atoms with Gasteiger partial charge in [-0.05, 0) is 43.4 Å². The van der Waals surface area contributed by atoms with E-state index in [-0.39, 0.29) is 6.04 Å². The Labute approximate surface area is 144 Å². The second kappa shape index (κ2) is 6.20. The van der Waals surface area contributed by atoms with Gasteiger partial charge in [-0.25, -0.2) is 0 Å². The maximum atomic E-state index is 12.9. The van der Waals surface area contributed by atoms with E-state index >= 15 is 0 Å². The Morgan fingerprint density at radius 3 is 2.52 bits per heavy atom. The average Bonchev–Trinajstić information content (AvgIpc) is 3.22. The molecule has 2 bridgehead atoms. The van der Waals surface area contributed by atoms with Gasteiger partial charge in [-0.15, -0.1) is 0 Å². The number of oxime groups is 1. The van der Waals surface area contributed by atoms with Crippen LogP contribution in [0.25, 0.3) is 0 Å². The minimum atomic E-state index is -4.31. The first-order chi connectivity index (χ1) is 12.0. The minimum absolute atomic E-state index is 0.215. The van der Waals surface area contributed by atoms with Gasteiger partial charge >= 0.3 is 6.18 Å². The quantitative estimate of drug-likeness (QED) is 0.654. The van der Waals surface area contributed by atoms with Gasteiger partial charge in [-0.2, -0.15) is 13.2 Å². The van der Waals surface area contributed by atoms with Gasteiger partial charge in [-0.3, -0.25) is 4.90 Å². The lowest BCUT2D eigenvalue weighted by atomic mass is 9.91. The SMILES string of the molecule is O/N=C1\[C@H]2CC[C@H](C2)[C@H]1N1CCN(c2cccc(C(F)(F)F)c2)CC1. The lowest BCUT2D eigenvalue weighted by Gasteiger charge is -2.41. The Hall–Kier alpha value is -1.76. The monoisotopic (exact) mass is 353 g/mol. The molecule has 25 heavy (non-hydrogen) atoms. The summed E-state index contributed by atoms with van der Waals surface area (Å²) in [5.41, 5.74) is 0.942. The zero-order chi connectivity index (χ0) is 17.6. The standard InChI is InChI=1S/C18H22F3N3O/c19-18(20,21)14-2-1-3-15(11-14)23-6-8-24(9-7-23)17-13-5-4-12(10-13)16(17)22-25/h1-3,11-13,17,25H,4-10H2/b22-16+/t12-,13+,17+/m0/s1. The molecule has 1 aromatic carbocycles. The van der Waals surface area contributed by atoms with Gasteiger partial charge in [0, 0.05) is 37.8 Å². The van der Waals surface area contributed by atoms with Gasteiger partial charge in [0.15, 0.2) is 0 Å². The number of nitrogens with zero attached hydrogens (tertiary/aromatic N) is 3. The van der Waals surface area contributed by atoms with E-state index in [1.54, 1.807) is 6.07 Å². The molecule has 136 valence electrons. The molecule has 0 aromatic heterocycles. The number of anilines is 1. The molecule has 4 rings (SSSR count). The molecule has 1 aliphatic heterocycles. The topological polar surface area (TPSA) is 39.1 Å². The third kappa shape index (κ3) is 2.99. The Morgan fingerprint density at radius 2 is 1.84 bits per heavy atom. The van der Waals surface area contributed by atoms with E-state index in [2.05, 4.69) is 10.1 Å². The third-order valence-corrected chi connectivity index (χ3v) is 6.00. The van der Waals surface area contributed by atoms with Crippen LogP contribution in [0.15, 0.2) is 29.4 Å². The largest absolute Gasteiger partial charge is 0.416 e. The molecule has 1 heterocycles. The van der Waals surface area contributed by atoms with Gasteiger partial charge in [0.25, 0.3) is 0 Å². The molecule has 3 fully saturated rings. The van der Waals surface area contributed by atoms with Crippen LogP contribution in [0.4, 0.5) is 18.9 Å². The molecule has 2 aliphatic carbocycles. The summed E-state index contributed by atoms with van der Waals surface area (Å²) < 4.78 is 38.7. The summed E-state index contributed by atoms with van der Waals surface area (Å²) in [7, 11) is 0. The minimum Gasteiger partial charge on any atom is -0.411 e. The van der Waals surface area contributed by atoms with Crippen molar-refractivity contribution in [1.82, 2.24) is 4.90 Å². The highest BCUT2D eigenvalue weighted by molar-refractivity contribution is 5.94. The van der Waals surface area contributed by atoms with Crippen molar-refractivity contribution in [3.05, 3.63) is 29.8 Å². The first-order valence-electron chi connectivity index (χ1n) is 8.85. The predicted molar refractivity (Wildman–Crippen MR) is 89.1 cm³/mol. The fourth-order valence-corrected chi connectivity index (χ4v) is 4.82. The summed E-state index contributed by atoms with van der Waals surface area (Å²) in [5.74, 6) is 0.984. The van der Waals surface area contributed by atoms with E-state index in [1.807, 2.05) is 4.90 Å². The van der Waals surface area contributed by atoms with Crippen LogP contribution in [-0.4, -0.2) is 48.0 Å². The van der Waals surface area contributed by atoms with E-state index in [1.165, 1.54) is 18.6 Å². The van der Waals surface area contributed by atoms with Crippen molar-refractivity contribution in [3.63, 3.8) is 0 Å². The lowest BCUT2D eigenvalue weighted by molar-refractivity contribution is -0.137. The number of hydrogen-bond donors (Lipinski definition) is 1. The molecule has 0 spiro atoms. The predicted octanol–water partition coefficient (Wildman–Crippen LogP) is 3.46. The molecule has 0 radical (unpaired) electrons. The summed E-state index contributed by atoms with van der Waals surface area (Å²) >= 11 is 0. The van der Waals surface area contributed by atoms with Crippen LogP contribution < -0.4 is 4.90 Å². The Morgan fingerprint density at radius 1 is 1.08 bits per heavy atom. The van der Waals surface area contributed by atoms with Crippen molar-refractivity contribution in [2.75, 3.05) is 31.1 Å². The Kier molecular flexibility index (Phi) is 4.14. The van der Waals surface area contributed by atoms with Gasteiger partial charge in [0.1, 0.15) is 0 Å². The number of halogens is 3. The zero-order valence-electron chi connectivity index (χ0n) is 13.9. The van der Waals surface area contributed by atoms with Gasteiger partial charge in [-0.1, -0.05) is 11.2 Å². The Balaban J connectivity index is 1.44. The van der Waals surface area contributed by atoms with Gasteiger partial charge in [0.2, 0.25) is 0 Å². The fraction of sp³-hybridized carbons (Fsp3) is 0.611. The molecular weight excluding hydrogens is 331 g/mol. The summed E-state index contributed by atoms with van der Waals surface area (Å²) in [6, 6.07) is 5.76. The van der Waals surface area contributed by atoms with Crippen LogP contribution >= 0.6 is 0 Å². The maximum absolute atomic E-state index is 12.9. The number of fused-ring (bicyclic) bond motifs is 2. The molecule has 3 aliphatic rings. The molecule has 1 aromatic rings. The van der Waals surface area contributed by atoms with E-state index in [4.69, 9.17) is 0 Å². The first kappa shape index (κ1) is 16.7. The van der Waals surface area contributed by atoms with Crippen LogP contribution in [0.3, 0.4) is 0 Å². The highest BCUT2D eigenvalue weighted by Crippen LogP contribution is 2.45. The summed E-state index contributed by atoms with van der Waals surface area (Å²) in [4.78, 5) is 4.36. The van der Waals surface area contributed by atoms with Crippen molar-refractivity contribution < 1.29 is 18.4 Å². The smallest absolute Gasteiger partial charge is 0.411 e. The molecular formula is C18H22F3N3O. The molecule has 0 unspecified atom stereocenters. The molecule has 7 heteroatoms. The summed E-state index contributed by atoms with van der Waals surface area (Å²) in [6.07, 6.45) is -0.905. The van der Waals surface area contributed by atoms with Crippen LogP contribution in [0, 0.1) is 11.8 Å². The number of benzene rings is 1. The van der Waals surface area contributed by atoms with E-state index in [0.29, 0.717) is 30.6 Å². The third-order valence-electron chi connectivity index (χ3n) is 6.00. The molecule has 1 N–H and O–H groups in total. The second-order valence-corrected chi connectivity index (χ2v) is 7.31. The highest BCUT2D eigenvalue weighted by atomic mass is 19.4. The van der Waals surface area contributed by atoms with Crippen LogP contribution in [0.1, 0.15) is 24.8 Å². The summed E-state index contributed by atoms with van der Waals surface area (Å²) in [6.45, 7) is 2.94. The molecule has 2 saturated carbocycles.